The van der Waals surface area contributed by atoms with Crippen molar-refractivity contribution in [3.05, 3.63) is 66.7 Å². The molecule has 5 N–H and O–H groups in total. The monoisotopic (exact) mass is 345 g/mol. The Kier molecular flexibility index (Phi) is 4.10. The number of anilines is 4. The van der Waals surface area contributed by atoms with Gasteiger partial charge in [-0.1, -0.05) is 18.2 Å². The summed E-state index contributed by atoms with van der Waals surface area (Å²) in [5, 5.41) is 3.26. The first-order valence-corrected chi connectivity index (χ1v) is 8.32. The van der Waals surface area contributed by atoms with Crippen molar-refractivity contribution in [2.24, 2.45) is 0 Å². The molecule has 0 radical (unpaired) electrons. The molecule has 2 aromatic heterocycles. The van der Waals surface area contributed by atoms with Gasteiger partial charge in [-0.2, -0.15) is 0 Å². The van der Waals surface area contributed by atoms with Gasteiger partial charge >= 0.3 is 0 Å². The van der Waals surface area contributed by atoms with E-state index in [0.717, 1.165) is 35.5 Å². The lowest BCUT2D eigenvalue weighted by Gasteiger charge is -2.07. The minimum Gasteiger partial charge on any atom is -0.399 e. The topological polar surface area (TPSA) is 108 Å². The van der Waals surface area contributed by atoms with Gasteiger partial charge in [-0.15, -0.1) is 0 Å². The lowest BCUT2D eigenvalue weighted by molar-refractivity contribution is 0.709. The van der Waals surface area contributed by atoms with Crippen molar-refractivity contribution in [2.45, 2.75) is 13.0 Å². The zero-order valence-electron chi connectivity index (χ0n) is 14.1. The second kappa shape index (κ2) is 6.72. The van der Waals surface area contributed by atoms with E-state index in [1.165, 1.54) is 5.56 Å². The van der Waals surface area contributed by atoms with Gasteiger partial charge < -0.3 is 21.4 Å². The standard InChI is InChI=1S/C19H19N7/c20-14-6-4-13(5-7-14)8-9-26-12-24-17-18(22-11-23-19(17)26)25-16-3-1-2-15(21)10-16/h1-7,10-12H,8-9,20-21H2,(H,22,23,25). The summed E-state index contributed by atoms with van der Waals surface area (Å²) in [7, 11) is 0. The van der Waals surface area contributed by atoms with Crippen LogP contribution in [0.2, 0.25) is 0 Å². The third kappa shape index (κ3) is 3.27. The van der Waals surface area contributed by atoms with Crippen LogP contribution in [0.5, 0.6) is 0 Å². The van der Waals surface area contributed by atoms with Crippen LogP contribution in [0.3, 0.4) is 0 Å². The fourth-order valence-corrected chi connectivity index (χ4v) is 2.82. The molecule has 26 heavy (non-hydrogen) atoms. The largest absolute Gasteiger partial charge is 0.399 e. The van der Waals surface area contributed by atoms with E-state index < -0.39 is 0 Å². The zero-order chi connectivity index (χ0) is 17.9. The number of aryl methyl sites for hydroxylation is 2. The number of hydrogen-bond acceptors (Lipinski definition) is 6. The van der Waals surface area contributed by atoms with E-state index in [-0.39, 0.29) is 0 Å². The van der Waals surface area contributed by atoms with E-state index in [2.05, 4.69) is 20.3 Å². The van der Waals surface area contributed by atoms with Crippen molar-refractivity contribution < 1.29 is 0 Å². The molecule has 0 aliphatic carbocycles. The average molecular weight is 345 g/mol. The lowest BCUT2D eigenvalue weighted by Crippen LogP contribution is -2.02. The van der Waals surface area contributed by atoms with Crippen LogP contribution in [-0.2, 0) is 13.0 Å². The van der Waals surface area contributed by atoms with E-state index in [9.17, 15) is 0 Å². The first-order valence-electron chi connectivity index (χ1n) is 8.32. The maximum absolute atomic E-state index is 5.83. The molecule has 4 rings (SSSR count). The number of rotatable bonds is 5. The molecule has 0 atom stereocenters. The Hall–Kier alpha value is -3.61. The van der Waals surface area contributed by atoms with Crippen molar-refractivity contribution in [1.29, 1.82) is 0 Å². The number of nitrogens with two attached hydrogens (primary N) is 2. The third-order valence-corrected chi connectivity index (χ3v) is 4.17. The summed E-state index contributed by atoms with van der Waals surface area (Å²) >= 11 is 0. The fraction of sp³-hybridized carbons (Fsp3) is 0.105. The Morgan fingerprint density at radius 2 is 1.77 bits per heavy atom. The van der Waals surface area contributed by atoms with E-state index in [1.54, 1.807) is 12.7 Å². The molecule has 0 aliphatic rings. The molecule has 0 saturated heterocycles. The van der Waals surface area contributed by atoms with Crippen molar-refractivity contribution in [1.82, 2.24) is 19.5 Å². The number of benzene rings is 2. The smallest absolute Gasteiger partial charge is 0.165 e. The lowest BCUT2D eigenvalue weighted by atomic mass is 10.1. The summed E-state index contributed by atoms with van der Waals surface area (Å²) in [6.07, 6.45) is 4.20. The van der Waals surface area contributed by atoms with E-state index in [0.29, 0.717) is 11.5 Å². The molecule has 0 fully saturated rings. The van der Waals surface area contributed by atoms with Crippen molar-refractivity contribution >= 4 is 34.0 Å². The van der Waals surface area contributed by atoms with Crippen molar-refractivity contribution in [3.8, 4) is 0 Å². The van der Waals surface area contributed by atoms with E-state index in [4.69, 9.17) is 11.5 Å². The Bertz CT molecular complexity index is 1040. The SMILES string of the molecule is Nc1ccc(CCn2cnc3c(Nc4cccc(N)c4)ncnc32)cc1. The van der Waals surface area contributed by atoms with Gasteiger partial charge in [0.15, 0.2) is 17.0 Å². The van der Waals surface area contributed by atoms with Gasteiger partial charge in [-0.3, -0.25) is 0 Å². The molecule has 0 aliphatic heterocycles. The molecule has 0 saturated carbocycles. The zero-order valence-corrected chi connectivity index (χ0v) is 14.1. The van der Waals surface area contributed by atoms with Crippen LogP contribution in [0.1, 0.15) is 5.56 Å². The molecule has 0 amide bonds. The van der Waals surface area contributed by atoms with Gasteiger partial charge in [0.1, 0.15) is 6.33 Å². The molecule has 7 heteroatoms. The Morgan fingerprint density at radius 1 is 0.923 bits per heavy atom. The van der Waals surface area contributed by atoms with Crippen LogP contribution in [0.25, 0.3) is 11.2 Å². The van der Waals surface area contributed by atoms with E-state index in [1.807, 2.05) is 53.1 Å². The van der Waals surface area contributed by atoms with Gasteiger partial charge in [0, 0.05) is 23.6 Å². The predicted molar refractivity (Wildman–Crippen MR) is 104 cm³/mol. The fourth-order valence-electron chi connectivity index (χ4n) is 2.82. The number of nitrogens with zero attached hydrogens (tertiary/aromatic N) is 4. The highest BCUT2D eigenvalue weighted by Gasteiger charge is 2.10. The van der Waals surface area contributed by atoms with Gasteiger partial charge in [-0.25, -0.2) is 15.0 Å². The highest BCUT2D eigenvalue weighted by molar-refractivity contribution is 5.85. The predicted octanol–water partition coefficient (Wildman–Crippen LogP) is 2.98. The number of imidazole rings is 1. The maximum atomic E-state index is 5.83. The third-order valence-electron chi connectivity index (χ3n) is 4.17. The number of aromatic nitrogens is 4. The molecular formula is C19H19N7. The molecule has 4 aromatic rings. The summed E-state index contributed by atoms with van der Waals surface area (Å²) in [5.74, 6) is 0.659. The minimum atomic E-state index is 0.659. The minimum absolute atomic E-state index is 0.659. The van der Waals surface area contributed by atoms with Crippen LogP contribution in [0.15, 0.2) is 61.2 Å². The second-order valence-corrected chi connectivity index (χ2v) is 6.07. The van der Waals surface area contributed by atoms with Crippen LogP contribution in [-0.4, -0.2) is 19.5 Å². The molecular weight excluding hydrogens is 326 g/mol. The molecule has 0 unspecified atom stereocenters. The van der Waals surface area contributed by atoms with Crippen LogP contribution < -0.4 is 16.8 Å². The molecule has 0 spiro atoms. The summed E-state index contributed by atoms with van der Waals surface area (Å²) in [6, 6.07) is 15.4. The van der Waals surface area contributed by atoms with Gasteiger partial charge in [0.25, 0.3) is 0 Å². The Balaban J connectivity index is 1.57. The Labute approximate surface area is 150 Å². The summed E-state index contributed by atoms with van der Waals surface area (Å²) in [4.78, 5) is 13.2. The molecule has 130 valence electrons. The van der Waals surface area contributed by atoms with Gasteiger partial charge in [0.2, 0.25) is 0 Å². The number of nitrogen functional groups attached to an aromatic ring is 2. The number of hydrogen-bond donors (Lipinski definition) is 3. The average Bonchev–Trinajstić information content (AvgIpc) is 3.06. The first-order chi connectivity index (χ1) is 12.7. The van der Waals surface area contributed by atoms with Crippen molar-refractivity contribution in [2.75, 3.05) is 16.8 Å². The highest BCUT2D eigenvalue weighted by Crippen LogP contribution is 2.23. The van der Waals surface area contributed by atoms with Crippen LogP contribution >= 0.6 is 0 Å². The first kappa shape index (κ1) is 15.9. The van der Waals surface area contributed by atoms with Gasteiger partial charge in [-0.05, 0) is 42.3 Å². The second-order valence-electron chi connectivity index (χ2n) is 6.07. The molecule has 7 nitrogen and oxygen atoms in total. The van der Waals surface area contributed by atoms with Crippen LogP contribution in [0.4, 0.5) is 22.9 Å². The maximum Gasteiger partial charge on any atom is 0.165 e. The normalized spacial score (nSPS) is 10.9. The summed E-state index contributed by atoms with van der Waals surface area (Å²) in [5.41, 5.74) is 16.6. The highest BCUT2D eigenvalue weighted by atomic mass is 15.1. The van der Waals surface area contributed by atoms with Crippen molar-refractivity contribution in [3.63, 3.8) is 0 Å². The molecule has 2 aromatic carbocycles. The van der Waals surface area contributed by atoms with Gasteiger partial charge in [0.05, 0.1) is 6.33 Å². The number of nitrogens with one attached hydrogen (secondary N) is 1. The number of fused-ring (bicyclic) bond motifs is 1. The molecule has 2 heterocycles. The summed E-state index contributed by atoms with van der Waals surface area (Å²) in [6.45, 7) is 0.773. The molecule has 0 bridgehead atoms. The Morgan fingerprint density at radius 3 is 2.58 bits per heavy atom. The van der Waals surface area contributed by atoms with Crippen LogP contribution in [0, 0.1) is 0 Å². The summed E-state index contributed by atoms with van der Waals surface area (Å²) < 4.78 is 2.03. The quantitative estimate of drug-likeness (QED) is 0.480. The van der Waals surface area contributed by atoms with E-state index >= 15 is 0 Å².